The van der Waals surface area contributed by atoms with Crippen LogP contribution < -0.4 is 0 Å². The minimum absolute atomic E-state index is 0.337. The summed E-state index contributed by atoms with van der Waals surface area (Å²) in [5.74, 6) is 1.03. The highest BCUT2D eigenvalue weighted by atomic mass is 79.9. The molecule has 0 aliphatic carbocycles. The molecule has 2 nitrogen and oxygen atoms in total. The van der Waals surface area contributed by atoms with Crippen molar-refractivity contribution < 1.29 is 9.21 Å². The first kappa shape index (κ1) is 11.6. The number of aryl methyl sites for hydroxylation is 1. The highest BCUT2D eigenvalue weighted by Gasteiger charge is 2.11. The minimum Gasteiger partial charge on any atom is -0.453 e. The summed E-state index contributed by atoms with van der Waals surface area (Å²) in [5.41, 5.74) is 2.05. The predicted molar refractivity (Wildman–Crippen MR) is 69.7 cm³/mol. The first-order valence-electron chi connectivity index (χ1n) is 4.63. The van der Waals surface area contributed by atoms with Gasteiger partial charge in [0, 0.05) is 14.5 Å². The van der Waals surface area contributed by atoms with Crippen LogP contribution in [0.2, 0.25) is 0 Å². The molecular weight excluding hydrogens is 336 g/mol. The molecule has 16 heavy (non-hydrogen) atoms. The maximum Gasteiger partial charge on any atom is 0.185 e. The molecule has 0 aliphatic heterocycles. The monoisotopic (exact) mass is 342 g/mol. The molecule has 0 radical (unpaired) electrons. The van der Waals surface area contributed by atoms with Crippen molar-refractivity contribution in [3.63, 3.8) is 0 Å². The Hall–Kier alpha value is -0.870. The van der Waals surface area contributed by atoms with E-state index in [1.54, 1.807) is 12.1 Å². The van der Waals surface area contributed by atoms with Crippen LogP contribution in [0.4, 0.5) is 0 Å². The molecule has 2 aromatic rings. The van der Waals surface area contributed by atoms with Crippen LogP contribution in [0.15, 0.2) is 37.6 Å². The number of aldehydes is 1. The summed E-state index contributed by atoms with van der Waals surface area (Å²) >= 11 is 6.91. The summed E-state index contributed by atoms with van der Waals surface area (Å²) in [7, 11) is 0. The van der Waals surface area contributed by atoms with Crippen LogP contribution in [0.25, 0.3) is 11.3 Å². The quantitative estimate of drug-likeness (QED) is 0.746. The standard InChI is InChI=1S/C12H8Br2O2/c1-7-4-8(13)5-10(14)12(7)11-3-2-9(6-15)16-11/h2-6H,1H3. The molecule has 0 amide bonds. The van der Waals surface area contributed by atoms with Crippen LogP contribution in [-0.2, 0) is 0 Å². The Kier molecular flexibility index (Phi) is 3.30. The molecule has 0 saturated carbocycles. The van der Waals surface area contributed by atoms with Crippen LogP contribution in [-0.4, -0.2) is 6.29 Å². The van der Waals surface area contributed by atoms with Crippen molar-refractivity contribution in [3.8, 4) is 11.3 Å². The summed E-state index contributed by atoms with van der Waals surface area (Å²) in [6, 6.07) is 7.41. The van der Waals surface area contributed by atoms with Crippen LogP contribution >= 0.6 is 31.9 Å². The second-order valence-corrected chi connectivity index (χ2v) is 5.17. The highest BCUT2D eigenvalue weighted by molar-refractivity contribution is 9.11. The van der Waals surface area contributed by atoms with Gasteiger partial charge < -0.3 is 4.42 Å². The van der Waals surface area contributed by atoms with Crippen molar-refractivity contribution in [1.82, 2.24) is 0 Å². The second kappa shape index (κ2) is 4.55. The molecule has 0 bridgehead atoms. The van der Waals surface area contributed by atoms with Gasteiger partial charge in [-0.3, -0.25) is 4.79 Å². The summed E-state index contributed by atoms with van der Waals surface area (Å²) in [6.45, 7) is 1.99. The molecule has 2 rings (SSSR count). The van der Waals surface area contributed by atoms with Gasteiger partial charge in [-0.05, 0) is 52.7 Å². The van der Waals surface area contributed by atoms with Crippen molar-refractivity contribution in [2.75, 3.05) is 0 Å². The first-order chi connectivity index (χ1) is 7.61. The molecule has 1 heterocycles. The van der Waals surface area contributed by atoms with E-state index in [2.05, 4.69) is 31.9 Å². The number of carbonyl (C=O) groups excluding carboxylic acids is 1. The lowest BCUT2D eigenvalue weighted by atomic mass is 10.1. The number of halogens is 2. The third-order valence-corrected chi connectivity index (χ3v) is 3.32. The van der Waals surface area contributed by atoms with Gasteiger partial charge in [0.25, 0.3) is 0 Å². The lowest BCUT2D eigenvalue weighted by Gasteiger charge is -2.06. The average Bonchev–Trinajstić information content (AvgIpc) is 2.64. The Labute approximate surface area is 110 Å². The number of rotatable bonds is 2. The average molecular weight is 344 g/mol. The van der Waals surface area contributed by atoms with Crippen LogP contribution in [0.1, 0.15) is 16.1 Å². The Morgan fingerprint density at radius 2 is 2.00 bits per heavy atom. The van der Waals surface area contributed by atoms with E-state index in [4.69, 9.17) is 4.42 Å². The molecule has 0 aliphatic rings. The molecule has 0 fully saturated rings. The summed E-state index contributed by atoms with van der Waals surface area (Å²) in [6.07, 6.45) is 0.700. The zero-order chi connectivity index (χ0) is 11.7. The van der Waals surface area contributed by atoms with Crippen LogP contribution in [0.3, 0.4) is 0 Å². The number of benzene rings is 1. The Morgan fingerprint density at radius 1 is 1.25 bits per heavy atom. The Morgan fingerprint density at radius 3 is 2.56 bits per heavy atom. The molecule has 82 valence electrons. The largest absolute Gasteiger partial charge is 0.453 e. The lowest BCUT2D eigenvalue weighted by molar-refractivity contribution is 0.110. The lowest BCUT2D eigenvalue weighted by Crippen LogP contribution is -1.84. The Balaban J connectivity index is 2.59. The van der Waals surface area contributed by atoms with E-state index in [0.29, 0.717) is 17.8 Å². The number of hydrogen-bond donors (Lipinski definition) is 0. The molecule has 1 aromatic carbocycles. The highest BCUT2D eigenvalue weighted by Crippen LogP contribution is 2.34. The van der Waals surface area contributed by atoms with Gasteiger partial charge in [0.2, 0.25) is 0 Å². The van der Waals surface area contributed by atoms with Crippen molar-refractivity contribution >= 4 is 38.1 Å². The van der Waals surface area contributed by atoms with Gasteiger partial charge in [-0.1, -0.05) is 15.9 Å². The first-order valence-corrected chi connectivity index (χ1v) is 6.21. The topological polar surface area (TPSA) is 30.2 Å². The van der Waals surface area contributed by atoms with Crippen LogP contribution in [0.5, 0.6) is 0 Å². The molecule has 0 N–H and O–H groups in total. The summed E-state index contributed by atoms with van der Waals surface area (Å²) in [5, 5.41) is 0. The molecular formula is C12H8Br2O2. The van der Waals surface area contributed by atoms with Gasteiger partial charge >= 0.3 is 0 Å². The smallest absolute Gasteiger partial charge is 0.185 e. The van der Waals surface area contributed by atoms with Gasteiger partial charge in [-0.25, -0.2) is 0 Å². The third-order valence-electron chi connectivity index (χ3n) is 2.24. The molecule has 0 spiro atoms. The maximum atomic E-state index is 10.6. The fraction of sp³-hybridized carbons (Fsp3) is 0.0833. The summed E-state index contributed by atoms with van der Waals surface area (Å²) < 4.78 is 7.35. The zero-order valence-corrected chi connectivity index (χ0v) is 11.6. The maximum absolute atomic E-state index is 10.6. The van der Waals surface area contributed by atoms with E-state index in [1.165, 1.54) is 0 Å². The van der Waals surface area contributed by atoms with Crippen LogP contribution in [0, 0.1) is 6.92 Å². The van der Waals surface area contributed by atoms with Gasteiger partial charge in [-0.15, -0.1) is 0 Å². The number of carbonyl (C=O) groups is 1. The fourth-order valence-corrected chi connectivity index (χ4v) is 3.20. The van der Waals surface area contributed by atoms with E-state index in [1.807, 2.05) is 19.1 Å². The minimum atomic E-state index is 0.337. The summed E-state index contributed by atoms with van der Waals surface area (Å²) in [4.78, 5) is 10.6. The van der Waals surface area contributed by atoms with Gasteiger partial charge in [0.05, 0.1) is 0 Å². The third kappa shape index (κ3) is 2.13. The SMILES string of the molecule is Cc1cc(Br)cc(Br)c1-c1ccc(C=O)o1. The van der Waals surface area contributed by atoms with E-state index < -0.39 is 0 Å². The number of furan rings is 1. The normalized spacial score (nSPS) is 10.4. The molecule has 0 saturated heterocycles. The van der Waals surface area contributed by atoms with Gasteiger partial charge in [0.1, 0.15) is 5.76 Å². The van der Waals surface area contributed by atoms with E-state index in [-0.39, 0.29) is 0 Å². The molecule has 4 heteroatoms. The zero-order valence-electron chi connectivity index (χ0n) is 8.46. The number of hydrogen-bond acceptors (Lipinski definition) is 2. The second-order valence-electron chi connectivity index (χ2n) is 3.40. The van der Waals surface area contributed by atoms with E-state index in [9.17, 15) is 4.79 Å². The van der Waals surface area contributed by atoms with Gasteiger partial charge in [0.15, 0.2) is 12.0 Å². The molecule has 0 unspecified atom stereocenters. The van der Waals surface area contributed by atoms with E-state index in [0.717, 1.165) is 20.1 Å². The van der Waals surface area contributed by atoms with Gasteiger partial charge in [-0.2, -0.15) is 0 Å². The van der Waals surface area contributed by atoms with Crippen molar-refractivity contribution in [2.45, 2.75) is 6.92 Å². The predicted octanol–water partition coefficient (Wildman–Crippen LogP) is 4.59. The Bertz CT molecular complexity index is 521. The van der Waals surface area contributed by atoms with Crippen molar-refractivity contribution in [2.24, 2.45) is 0 Å². The fourth-order valence-electron chi connectivity index (χ4n) is 1.56. The van der Waals surface area contributed by atoms with Crippen molar-refractivity contribution in [3.05, 3.63) is 44.5 Å². The molecule has 1 aromatic heterocycles. The van der Waals surface area contributed by atoms with Crippen molar-refractivity contribution in [1.29, 1.82) is 0 Å². The molecule has 0 atom stereocenters. The van der Waals surface area contributed by atoms with E-state index >= 15 is 0 Å².